The highest BCUT2D eigenvalue weighted by molar-refractivity contribution is 6.28. The Morgan fingerprint density at radius 3 is 1.59 bits per heavy atom. The highest BCUT2D eigenvalue weighted by Crippen LogP contribution is 2.46. The number of pyridine rings is 1. The number of nitrogens with zero attached hydrogens (tertiary/aromatic N) is 1. The summed E-state index contributed by atoms with van der Waals surface area (Å²) in [4.78, 5) is 5.33. The number of hydrogen-bond donors (Lipinski definition) is 0. The number of aromatic nitrogens is 1. The molecule has 2 heteroatoms. The molecule has 0 spiro atoms. The zero-order valence-electron chi connectivity index (χ0n) is 27.6. The van der Waals surface area contributed by atoms with Gasteiger partial charge in [-0.3, -0.25) is 0 Å². The number of furan rings is 1. The summed E-state index contributed by atoms with van der Waals surface area (Å²) in [7, 11) is 0. The van der Waals surface area contributed by atoms with Crippen molar-refractivity contribution in [3.63, 3.8) is 0 Å². The number of para-hydroxylation sites is 2. The van der Waals surface area contributed by atoms with Crippen LogP contribution in [0.2, 0.25) is 0 Å². The molecular weight excluding hydrogens is 619 g/mol. The molecule has 0 unspecified atom stereocenters. The molecule has 0 aliphatic heterocycles. The van der Waals surface area contributed by atoms with E-state index < -0.39 is 0 Å². The maximum absolute atomic E-state index is 6.57. The molecule has 0 atom stereocenters. The van der Waals surface area contributed by atoms with Gasteiger partial charge < -0.3 is 4.42 Å². The first-order valence-electron chi connectivity index (χ1n) is 17.5. The zero-order valence-corrected chi connectivity index (χ0v) is 27.6. The van der Waals surface area contributed by atoms with Crippen LogP contribution in [0.15, 0.2) is 180 Å². The first kappa shape index (κ1) is 28.1. The Balaban J connectivity index is 1.14. The maximum atomic E-state index is 6.57. The predicted octanol–water partition coefficient (Wildman–Crippen LogP) is 13.7. The molecule has 0 radical (unpaired) electrons. The van der Waals surface area contributed by atoms with E-state index in [9.17, 15) is 0 Å². The lowest BCUT2D eigenvalue weighted by Crippen LogP contribution is -1.93. The van der Waals surface area contributed by atoms with Crippen LogP contribution >= 0.6 is 0 Å². The summed E-state index contributed by atoms with van der Waals surface area (Å²) in [6.45, 7) is 0. The minimum atomic E-state index is 0.869. The molecule has 51 heavy (non-hydrogen) atoms. The van der Waals surface area contributed by atoms with Gasteiger partial charge in [-0.2, -0.15) is 0 Å². The van der Waals surface area contributed by atoms with Crippen molar-refractivity contribution in [3.8, 4) is 33.5 Å². The van der Waals surface area contributed by atoms with E-state index in [-0.39, 0.29) is 0 Å². The third-order valence-electron chi connectivity index (χ3n) is 10.6. The lowest BCUT2D eigenvalue weighted by Gasteiger charge is -2.16. The Morgan fingerprint density at radius 1 is 0.314 bits per heavy atom. The van der Waals surface area contributed by atoms with Crippen molar-refractivity contribution in [2.45, 2.75) is 0 Å². The van der Waals surface area contributed by atoms with E-state index >= 15 is 0 Å². The van der Waals surface area contributed by atoms with Crippen LogP contribution in [0.3, 0.4) is 0 Å². The average Bonchev–Trinajstić information content (AvgIpc) is 3.58. The van der Waals surface area contributed by atoms with Crippen LogP contribution in [0, 0.1) is 0 Å². The van der Waals surface area contributed by atoms with Crippen molar-refractivity contribution in [1.29, 1.82) is 0 Å². The van der Waals surface area contributed by atoms with E-state index in [1.54, 1.807) is 0 Å². The third-order valence-corrected chi connectivity index (χ3v) is 10.6. The lowest BCUT2D eigenvalue weighted by molar-refractivity contribution is 0.669. The largest absolute Gasteiger partial charge is 0.456 e. The van der Waals surface area contributed by atoms with E-state index in [0.29, 0.717) is 0 Å². The maximum Gasteiger partial charge on any atom is 0.136 e. The van der Waals surface area contributed by atoms with Crippen LogP contribution in [-0.4, -0.2) is 4.98 Å². The summed E-state index contributed by atoms with van der Waals surface area (Å²) in [5, 5.41) is 13.4. The minimum absolute atomic E-state index is 0.869. The highest BCUT2D eigenvalue weighted by Gasteiger charge is 2.21. The number of hydrogen-bond acceptors (Lipinski definition) is 2. The molecule has 0 amide bonds. The highest BCUT2D eigenvalue weighted by atomic mass is 16.3. The second-order valence-corrected chi connectivity index (χ2v) is 13.4. The Bertz CT molecular complexity index is 3140. The van der Waals surface area contributed by atoms with Crippen molar-refractivity contribution in [3.05, 3.63) is 176 Å². The Labute approximate surface area is 293 Å². The smallest absolute Gasteiger partial charge is 0.136 e. The normalized spacial score (nSPS) is 11.9. The lowest BCUT2D eigenvalue weighted by atomic mass is 9.89. The van der Waals surface area contributed by atoms with Crippen LogP contribution in [0.5, 0.6) is 0 Å². The fourth-order valence-electron chi connectivity index (χ4n) is 8.34. The van der Waals surface area contributed by atoms with Gasteiger partial charge in [0.1, 0.15) is 11.2 Å². The van der Waals surface area contributed by atoms with Gasteiger partial charge in [-0.25, -0.2) is 4.98 Å². The number of fused-ring (bicyclic) bond motifs is 12. The summed E-state index contributed by atoms with van der Waals surface area (Å²) in [5.74, 6) is 0. The molecule has 0 saturated carbocycles. The molecular formula is C49H29NO. The van der Waals surface area contributed by atoms with Crippen LogP contribution in [0.1, 0.15) is 0 Å². The molecule has 2 nitrogen and oxygen atoms in total. The Hall–Kier alpha value is -6.77. The van der Waals surface area contributed by atoms with Crippen molar-refractivity contribution >= 4 is 75.9 Å². The summed E-state index contributed by atoms with van der Waals surface area (Å²) in [6, 6.07) is 63.1. The van der Waals surface area contributed by atoms with Crippen molar-refractivity contribution in [2.24, 2.45) is 0 Å². The molecule has 0 N–H and O–H groups in total. The van der Waals surface area contributed by atoms with Gasteiger partial charge in [0.15, 0.2) is 0 Å². The zero-order chi connectivity index (χ0) is 33.5. The standard InChI is InChI=1S/C49H29NO/c1-2-12-31(13-3-1)46-47-39-18-8-10-20-43(39)50-49(42(47)29-45-48(46)40-19-9-11-21-44(40)51-45)32-24-22-30(23-25-32)33-26-27-38-36-16-5-4-14-34(36)35-15-6-7-17-37(35)41(38)28-33/h1-29H. The second-order valence-electron chi connectivity index (χ2n) is 13.4. The van der Waals surface area contributed by atoms with Gasteiger partial charge >= 0.3 is 0 Å². The Morgan fingerprint density at radius 2 is 0.863 bits per heavy atom. The van der Waals surface area contributed by atoms with E-state index in [0.717, 1.165) is 55.0 Å². The first-order chi connectivity index (χ1) is 25.3. The Kier molecular flexibility index (Phi) is 5.99. The molecule has 0 fully saturated rings. The van der Waals surface area contributed by atoms with E-state index in [1.807, 2.05) is 6.07 Å². The van der Waals surface area contributed by atoms with E-state index in [4.69, 9.17) is 9.40 Å². The third kappa shape index (κ3) is 4.20. The van der Waals surface area contributed by atoms with Crippen molar-refractivity contribution < 1.29 is 4.42 Å². The molecule has 2 heterocycles. The van der Waals surface area contributed by atoms with Crippen LogP contribution in [0.25, 0.3) is 109 Å². The number of rotatable bonds is 3. The first-order valence-corrected chi connectivity index (χ1v) is 17.5. The van der Waals surface area contributed by atoms with Crippen molar-refractivity contribution in [2.75, 3.05) is 0 Å². The monoisotopic (exact) mass is 647 g/mol. The fraction of sp³-hybridized carbons (Fsp3) is 0. The SMILES string of the molecule is c1ccc(-c2c3c(cc4c(-c5ccc(-c6ccc7c8ccccc8c8ccccc8c7c6)cc5)nc5ccccc5c24)oc2ccccc23)cc1. The van der Waals surface area contributed by atoms with Gasteiger partial charge in [0.25, 0.3) is 0 Å². The van der Waals surface area contributed by atoms with Gasteiger partial charge in [-0.1, -0.05) is 152 Å². The summed E-state index contributed by atoms with van der Waals surface area (Å²) in [5.41, 5.74) is 9.46. The molecule has 0 bridgehead atoms. The predicted molar refractivity (Wildman–Crippen MR) is 215 cm³/mol. The molecule has 236 valence electrons. The van der Waals surface area contributed by atoms with Gasteiger partial charge in [0.2, 0.25) is 0 Å². The van der Waals surface area contributed by atoms with Crippen LogP contribution in [-0.2, 0) is 0 Å². The summed E-state index contributed by atoms with van der Waals surface area (Å²) < 4.78 is 6.57. The van der Waals surface area contributed by atoms with Crippen LogP contribution in [0.4, 0.5) is 0 Å². The number of benzene rings is 9. The van der Waals surface area contributed by atoms with Gasteiger partial charge in [0.05, 0.1) is 11.2 Å². The molecule has 0 aliphatic rings. The van der Waals surface area contributed by atoms with Crippen molar-refractivity contribution in [1.82, 2.24) is 4.98 Å². The summed E-state index contributed by atoms with van der Waals surface area (Å²) >= 11 is 0. The van der Waals surface area contributed by atoms with E-state index in [2.05, 4.69) is 170 Å². The van der Waals surface area contributed by atoms with Gasteiger partial charge in [-0.15, -0.1) is 0 Å². The quantitative estimate of drug-likeness (QED) is 0.178. The minimum Gasteiger partial charge on any atom is -0.456 e. The van der Waals surface area contributed by atoms with Gasteiger partial charge in [-0.05, 0) is 73.3 Å². The molecule has 11 rings (SSSR count). The van der Waals surface area contributed by atoms with Crippen LogP contribution < -0.4 is 0 Å². The molecule has 0 saturated heterocycles. The molecule has 0 aliphatic carbocycles. The van der Waals surface area contributed by atoms with Gasteiger partial charge in [0, 0.05) is 38.1 Å². The fourth-order valence-corrected chi connectivity index (χ4v) is 8.34. The summed E-state index contributed by atoms with van der Waals surface area (Å²) in [6.07, 6.45) is 0. The molecule has 9 aromatic carbocycles. The second kappa shape index (κ2) is 10.9. The van der Waals surface area contributed by atoms with E-state index in [1.165, 1.54) is 54.4 Å². The molecule has 2 aromatic heterocycles. The molecule has 11 aromatic rings. The average molecular weight is 648 g/mol. The topological polar surface area (TPSA) is 26.0 Å².